The van der Waals surface area contributed by atoms with Crippen LogP contribution in [0.1, 0.15) is 53.5 Å². The van der Waals surface area contributed by atoms with Crippen molar-refractivity contribution < 1.29 is 13.9 Å². The van der Waals surface area contributed by atoms with Crippen LogP contribution in [0.2, 0.25) is 0 Å². The molecule has 2 heterocycles. The van der Waals surface area contributed by atoms with Gasteiger partial charge in [-0.3, -0.25) is 4.79 Å². The van der Waals surface area contributed by atoms with Gasteiger partial charge in [0, 0.05) is 18.2 Å². The van der Waals surface area contributed by atoms with E-state index in [-0.39, 0.29) is 5.91 Å². The lowest BCUT2D eigenvalue weighted by Crippen LogP contribution is -2.31. The molecule has 0 unspecified atom stereocenters. The van der Waals surface area contributed by atoms with Gasteiger partial charge in [-0.05, 0) is 74.4 Å². The number of hydrogen-bond donors (Lipinski definition) is 2. The molecule has 0 aliphatic heterocycles. The van der Waals surface area contributed by atoms with Gasteiger partial charge >= 0.3 is 0 Å². The molecule has 1 saturated carbocycles. The molecule has 2 aromatic heterocycles. The fraction of sp³-hybridized carbons (Fsp3) is 0.391. The van der Waals surface area contributed by atoms with E-state index in [1.807, 2.05) is 37.3 Å². The highest BCUT2D eigenvalue weighted by Gasteiger charge is 2.25. The molecular formula is C23H27N3O3. The van der Waals surface area contributed by atoms with E-state index < -0.39 is 0 Å². The summed E-state index contributed by atoms with van der Waals surface area (Å²) in [6.45, 7) is 2.66. The first-order chi connectivity index (χ1) is 14.1. The molecule has 0 saturated heterocycles. The predicted octanol–water partition coefficient (Wildman–Crippen LogP) is 4.69. The Bertz CT molecular complexity index is 936. The van der Waals surface area contributed by atoms with E-state index in [2.05, 4.69) is 15.3 Å². The number of aromatic nitrogens is 2. The maximum atomic E-state index is 12.9. The lowest BCUT2D eigenvalue weighted by molar-refractivity contribution is 0.0943. The largest absolute Gasteiger partial charge is 0.497 e. The number of carbonyl (C=O) groups is 1. The number of aromatic amines is 1. The average molecular weight is 393 g/mol. The smallest absolute Gasteiger partial charge is 0.253 e. The minimum Gasteiger partial charge on any atom is -0.497 e. The normalized spacial score (nSPS) is 19.1. The quantitative estimate of drug-likeness (QED) is 0.637. The second kappa shape index (κ2) is 8.55. The molecule has 6 nitrogen and oxygen atoms in total. The van der Waals surface area contributed by atoms with E-state index in [0.717, 1.165) is 54.3 Å². The number of nitrogens with zero attached hydrogens (tertiary/aromatic N) is 1. The molecule has 0 spiro atoms. The van der Waals surface area contributed by atoms with E-state index in [1.54, 1.807) is 19.6 Å². The summed E-state index contributed by atoms with van der Waals surface area (Å²) in [6, 6.07) is 9.64. The zero-order valence-electron chi connectivity index (χ0n) is 16.9. The first-order valence-corrected chi connectivity index (χ1v) is 10.2. The number of carbonyl (C=O) groups excluding carboxylic acids is 1. The summed E-state index contributed by atoms with van der Waals surface area (Å²) in [5.41, 5.74) is 3.46. The van der Waals surface area contributed by atoms with Crippen molar-refractivity contribution in [2.24, 2.45) is 5.92 Å². The maximum absolute atomic E-state index is 12.9. The molecule has 29 heavy (non-hydrogen) atoms. The third-order valence-corrected chi connectivity index (χ3v) is 5.77. The summed E-state index contributed by atoms with van der Waals surface area (Å²) in [6.07, 6.45) is 7.61. The number of aryl methyl sites for hydroxylation is 1. The highest BCUT2D eigenvalue weighted by molar-refractivity contribution is 6.00. The van der Waals surface area contributed by atoms with Crippen molar-refractivity contribution in [3.63, 3.8) is 0 Å². The lowest BCUT2D eigenvalue weighted by Gasteiger charge is -2.26. The zero-order valence-corrected chi connectivity index (χ0v) is 16.9. The molecule has 1 aliphatic rings. The molecule has 3 aromatic rings. The van der Waals surface area contributed by atoms with E-state index in [9.17, 15) is 4.79 Å². The summed E-state index contributed by atoms with van der Waals surface area (Å²) < 4.78 is 10.7. The minimum atomic E-state index is -0.0324. The van der Waals surface area contributed by atoms with Crippen LogP contribution in [0.3, 0.4) is 0 Å². The standard InChI is InChI=1S/C23H27N3O3/c1-15-13-20(21(26-15)17-7-9-19(28-2)10-8-17)22(27)25-14-16-3-5-18(6-4-16)23-24-11-12-29-23/h7-13,16,18,26H,3-6,14H2,1-2H3,(H,25,27). The van der Waals surface area contributed by atoms with Gasteiger partial charge in [0.15, 0.2) is 5.89 Å². The number of hydrogen-bond acceptors (Lipinski definition) is 4. The number of rotatable bonds is 6. The molecule has 1 aromatic carbocycles. The molecule has 1 aliphatic carbocycles. The predicted molar refractivity (Wildman–Crippen MR) is 111 cm³/mol. The Morgan fingerprint density at radius 1 is 1.24 bits per heavy atom. The van der Waals surface area contributed by atoms with Crippen molar-refractivity contribution in [2.45, 2.75) is 38.5 Å². The molecule has 6 heteroatoms. The molecule has 1 amide bonds. The van der Waals surface area contributed by atoms with Crippen molar-refractivity contribution in [3.8, 4) is 17.0 Å². The Balaban J connectivity index is 1.37. The van der Waals surface area contributed by atoms with Crippen molar-refractivity contribution in [3.05, 3.63) is 59.9 Å². The summed E-state index contributed by atoms with van der Waals surface area (Å²) in [7, 11) is 1.64. The highest BCUT2D eigenvalue weighted by atomic mass is 16.5. The number of nitrogens with one attached hydrogen (secondary N) is 2. The first kappa shape index (κ1) is 19.3. The van der Waals surface area contributed by atoms with Gasteiger partial charge < -0.3 is 19.5 Å². The number of H-pyrrole nitrogens is 1. The van der Waals surface area contributed by atoms with Gasteiger partial charge in [-0.1, -0.05) is 0 Å². The highest BCUT2D eigenvalue weighted by Crippen LogP contribution is 2.34. The first-order valence-electron chi connectivity index (χ1n) is 10.2. The van der Waals surface area contributed by atoms with E-state index in [0.29, 0.717) is 23.9 Å². The Morgan fingerprint density at radius 2 is 2.00 bits per heavy atom. The van der Waals surface area contributed by atoms with Gasteiger partial charge in [0.2, 0.25) is 0 Å². The molecule has 2 N–H and O–H groups in total. The fourth-order valence-electron chi connectivity index (χ4n) is 4.14. The van der Waals surface area contributed by atoms with Crippen LogP contribution in [0, 0.1) is 12.8 Å². The lowest BCUT2D eigenvalue weighted by atomic mass is 9.82. The third kappa shape index (κ3) is 4.36. The van der Waals surface area contributed by atoms with E-state index >= 15 is 0 Å². The Hall–Kier alpha value is -3.02. The van der Waals surface area contributed by atoms with Crippen molar-refractivity contribution in [1.82, 2.24) is 15.3 Å². The summed E-state index contributed by atoms with van der Waals surface area (Å²) in [4.78, 5) is 20.5. The Labute approximate surface area is 170 Å². The molecule has 152 valence electrons. The average Bonchev–Trinajstić information content (AvgIpc) is 3.42. The summed E-state index contributed by atoms with van der Waals surface area (Å²) in [5.74, 6) is 2.51. The van der Waals surface area contributed by atoms with Crippen LogP contribution in [-0.2, 0) is 0 Å². The second-order valence-corrected chi connectivity index (χ2v) is 7.77. The van der Waals surface area contributed by atoms with Crippen molar-refractivity contribution in [2.75, 3.05) is 13.7 Å². The zero-order chi connectivity index (χ0) is 20.2. The second-order valence-electron chi connectivity index (χ2n) is 7.77. The molecule has 0 radical (unpaired) electrons. The van der Waals surface area contributed by atoms with Crippen molar-refractivity contribution >= 4 is 5.91 Å². The molecule has 0 bridgehead atoms. The van der Waals surface area contributed by atoms with Crippen LogP contribution in [0.5, 0.6) is 5.75 Å². The van der Waals surface area contributed by atoms with Gasteiger partial charge in [-0.25, -0.2) is 4.98 Å². The Kier molecular flexibility index (Phi) is 5.69. The monoisotopic (exact) mass is 393 g/mol. The van der Waals surface area contributed by atoms with Gasteiger partial charge in [0.05, 0.1) is 24.6 Å². The fourth-order valence-corrected chi connectivity index (χ4v) is 4.14. The van der Waals surface area contributed by atoms with E-state index in [1.165, 1.54) is 0 Å². The van der Waals surface area contributed by atoms with Crippen molar-refractivity contribution in [1.29, 1.82) is 0 Å². The maximum Gasteiger partial charge on any atom is 0.253 e. The number of ether oxygens (including phenoxy) is 1. The summed E-state index contributed by atoms with van der Waals surface area (Å²) >= 11 is 0. The van der Waals surface area contributed by atoms with Crippen LogP contribution < -0.4 is 10.1 Å². The van der Waals surface area contributed by atoms with Crippen LogP contribution in [0.25, 0.3) is 11.3 Å². The summed E-state index contributed by atoms with van der Waals surface area (Å²) in [5, 5.41) is 3.14. The van der Waals surface area contributed by atoms with Gasteiger partial charge in [0.1, 0.15) is 12.0 Å². The number of oxazole rings is 1. The number of amides is 1. The van der Waals surface area contributed by atoms with Crippen LogP contribution in [0.4, 0.5) is 0 Å². The minimum absolute atomic E-state index is 0.0324. The van der Waals surface area contributed by atoms with Crippen LogP contribution in [-0.4, -0.2) is 29.5 Å². The van der Waals surface area contributed by atoms with E-state index in [4.69, 9.17) is 9.15 Å². The third-order valence-electron chi connectivity index (χ3n) is 5.77. The molecule has 1 fully saturated rings. The van der Waals surface area contributed by atoms with Gasteiger partial charge in [0.25, 0.3) is 5.91 Å². The SMILES string of the molecule is COc1ccc(-c2[nH]c(C)cc2C(=O)NCC2CCC(c3ncco3)CC2)cc1. The molecular weight excluding hydrogens is 366 g/mol. The Morgan fingerprint density at radius 3 is 2.66 bits per heavy atom. The van der Waals surface area contributed by atoms with Crippen LogP contribution in [0.15, 0.2) is 47.2 Å². The number of benzene rings is 1. The number of methoxy groups -OCH3 is 1. The topological polar surface area (TPSA) is 80.2 Å². The van der Waals surface area contributed by atoms with Gasteiger partial charge in [-0.15, -0.1) is 0 Å². The molecule has 0 atom stereocenters. The van der Waals surface area contributed by atoms with Crippen LogP contribution >= 0.6 is 0 Å². The van der Waals surface area contributed by atoms with Gasteiger partial charge in [-0.2, -0.15) is 0 Å². The molecule has 4 rings (SSSR count).